The predicted molar refractivity (Wildman–Crippen MR) is 196 cm³/mol. The van der Waals surface area contributed by atoms with Gasteiger partial charge in [-0.2, -0.15) is 4.33 Å². The number of nitrogens with zero attached hydrogens (tertiary/aromatic N) is 4. The van der Waals surface area contributed by atoms with E-state index >= 15 is 0 Å². The molecular formula is C28H25N5Na4O21S6. The van der Waals surface area contributed by atoms with Crippen LogP contribution in [-0.4, -0.2) is 86.8 Å². The quantitative estimate of drug-likeness (QED) is 0.00849. The normalized spacial score (nSPS) is 12.0. The molecule has 0 aliphatic heterocycles. The first-order valence-corrected chi connectivity index (χ1v) is 22.8. The molecule has 26 nitrogen and oxygen atoms in total. The number of nitrogen functional groups attached to an aromatic ring is 1. The van der Waals surface area contributed by atoms with Crippen LogP contribution in [0.15, 0.2) is 88.6 Å². The third-order valence-corrected chi connectivity index (χ3v) is 13.1. The number of anilines is 1. The number of nitrogens with two attached hydrogens (primary N) is 1. The van der Waals surface area contributed by atoms with Crippen LogP contribution in [0.1, 0.15) is 0 Å². The van der Waals surface area contributed by atoms with Crippen LogP contribution in [0.4, 0.5) is 28.4 Å². The van der Waals surface area contributed by atoms with Crippen molar-refractivity contribution in [1.82, 2.24) is 0 Å². The molecule has 36 heteroatoms. The number of rotatable bonds is 22. The van der Waals surface area contributed by atoms with E-state index in [4.69, 9.17) is 19.4 Å². The molecule has 0 spiro atoms. The van der Waals surface area contributed by atoms with E-state index in [1.165, 1.54) is 20.3 Å². The smallest absolute Gasteiger partial charge is 0.744 e. The molecule has 64 heavy (non-hydrogen) atoms. The number of sulfone groups is 2. The molecule has 0 aromatic heterocycles. The molecule has 0 radical (unpaired) electrons. The predicted octanol–water partition coefficient (Wildman–Crippen LogP) is -10.0. The number of phenolic OH excluding ortho intramolecular Hbond substituents is 1. The standard InChI is InChI=1S/C28H29N5O21S6.4Na/c1-47-21-5-4-16(58(39,40)10-8-50-60(44,45)46)11-18(21)30-32-20-14-24(59(41,42)43)17-13-23(55-53-51-35)27(28(34)25(17)26(20)29)33-31-19-12-15(3-6-22(19)48-2)57(37,38)9-7-49-56-54-52-36;;;;/h3-6,11-14,34-36H,7-10,29H2,1-2H3,(H,41,42,43)(H,44,45,46);;;;/q;4*+1/p-4. The number of methoxy groups -OCH3 is 2. The van der Waals surface area contributed by atoms with Crippen molar-refractivity contribution in [3.63, 3.8) is 0 Å². The van der Waals surface area contributed by atoms with Crippen molar-refractivity contribution in [1.29, 1.82) is 0 Å². The Morgan fingerprint density at radius 1 is 0.688 bits per heavy atom. The fourth-order valence-corrected chi connectivity index (χ4v) is 8.89. The van der Waals surface area contributed by atoms with Crippen LogP contribution < -0.4 is 144 Å². The number of aromatic hydroxyl groups is 1. The van der Waals surface area contributed by atoms with Crippen molar-refractivity contribution in [2.75, 3.05) is 44.7 Å². The van der Waals surface area contributed by atoms with Crippen molar-refractivity contribution < 1.29 is 213 Å². The van der Waals surface area contributed by atoms with Crippen LogP contribution in [0.25, 0.3) is 10.8 Å². The van der Waals surface area contributed by atoms with Gasteiger partial charge in [0.15, 0.2) is 37.7 Å². The van der Waals surface area contributed by atoms with Crippen molar-refractivity contribution >= 4 is 104 Å². The van der Waals surface area contributed by atoms with E-state index in [1.54, 1.807) is 0 Å². The zero-order chi connectivity index (χ0) is 44.5. The first-order valence-electron chi connectivity index (χ1n) is 15.4. The number of fused-ring (bicyclic) bond motifs is 1. The third kappa shape index (κ3) is 17.6. The second-order valence-corrected chi connectivity index (χ2v) is 18.8. The molecular weight excluding hydrogens is 1030 g/mol. The van der Waals surface area contributed by atoms with Crippen LogP contribution in [0.2, 0.25) is 0 Å². The van der Waals surface area contributed by atoms with Gasteiger partial charge in [0.25, 0.3) is 0 Å². The molecule has 0 atom stereocenters. The summed E-state index contributed by atoms with van der Waals surface area (Å²) in [5, 5.41) is 53.1. The molecule has 0 aliphatic rings. The third-order valence-electron chi connectivity index (χ3n) is 7.40. The van der Waals surface area contributed by atoms with E-state index in [9.17, 15) is 58.4 Å². The number of azo groups is 2. The van der Waals surface area contributed by atoms with Gasteiger partial charge in [0, 0.05) is 5.39 Å². The van der Waals surface area contributed by atoms with Gasteiger partial charge >= 0.3 is 118 Å². The van der Waals surface area contributed by atoms with Gasteiger partial charge in [-0.05, 0) is 48.5 Å². The summed E-state index contributed by atoms with van der Waals surface area (Å²) in [6.45, 7) is -1.48. The molecule has 4 aromatic rings. The van der Waals surface area contributed by atoms with Crippen molar-refractivity contribution in [3.8, 4) is 17.2 Å². The Labute approximate surface area is 461 Å². The van der Waals surface area contributed by atoms with Crippen molar-refractivity contribution in [3.05, 3.63) is 48.5 Å². The molecule has 0 unspecified atom stereocenters. The average Bonchev–Trinajstić information content (AvgIpc) is 3.17. The van der Waals surface area contributed by atoms with Crippen LogP contribution in [-0.2, 0) is 67.3 Å². The minimum absolute atomic E-state index is 0. The summed E-state index contributed by atoms with van der Waals surface area (Å²) in [5.74, 6) is -2.77. The van der Waals surface area contributed by atoms with Crippen LogP contribution >= 0.6 is 24.4 Å². The monoisotopic (exact) mass is 1050 g/mol. The van der Waals surface area contributed by atoms with Crippen molar-refractivity contribution in [2.24, 2.45) is 20.5 Å². The first-order chi connectivity index (χ1) is 28.2. The second-order valence-electron chi connectivity index (χ2n) is 10.9. The SMILES string of the molecule is COc1ccc(S(=O)(=O)CCOS(=O)(=O)[O-])cc1N=Nc1cc(S(=O)(=O)[O-])c2cc(SOO[O-])c(N=Nc3cc(S(=O)(=O)CCOSOO[O-])ccc3OC)c(O)c2c1N.[Na+].[Na+].[Na+].[Na+]. The minimum Gasteiger partial charge on any atom is -0.744 e. The maximum Gasteiger partial charge on any atom is 1.00 e. The molecule has 4 aromatic carbocycles. The van der Waals surface area contributed by atoms with E-state index in [0.717, 1.165) is 36.4 Å². The largest absolute Gasteiger partial charge is 1.00 e. The summed E-state index contributed by atoms with van der Waals surface area (Å²) in [6, 6.07) is 7.99. The molecule has 0 saturated carbocycles. The molecule has 328 valence electrons. The van der Waals surface area contributed by atoms with E-state index in [1.807, 2.05) is 0 Å². The summed E-state index contributed by atoms with van der Waals surface area (Å²) in [6.07, 6.45) is 0. The zero-order valence-electron chi connectivity index (χ0n) is 33.9. The van der Waals surface area contributed by atoms with Gasteiger partial charge in [-0.25, -0.2) is 33.7 Å². The van der Waals surface area contributed by atoms with Gasteiger partial charge in [0.2, 0.25) is 10.4 Å². The van der Waals surface area contributed by atoms with Gasteiger partial charge in [-0.15, -0.1) is 24.8 Å². The zero-order valence-corrected chi connectivity index (χ0v) is 46.8. The van der Waals surface area contributed by atoms with E-state index in [2.05, 4.69) is 43.4 Å². The summed E-state index contributed by atoms with van der Waals surface area (Å²) in [7, 11) is -16.7. The first kappa shape index (κ1) is 63.6. The molecule has 0 fully saturated rings. The Balaban J connectivity index is 0.00000992. The van der Waals surface area contributed by atoms with Gasteiger partial charge in [-0.3, -0.25) is 18.4 Å². The Morgan fingerprint density at radius 3 is 1.67 bits per heavy atom. The Kier molecular flexibility index (Phi) is 28.2. The average molecular weight is 1050 g/mol. The van der Waals surface area contributed by atoms with Gasteiger partial charge in [0.1, 0.15) is 44.4 Å². The number of benzene rings is 4. The number of ether oxygens (including phenoxy) is 2. The topological polar surface area (TPSA) is 398 Å². The van der Waals surface area contributed by atoms with Gasteiger partial charge < -0.3 is 39.9 Å². The summed E-state index contributed by atoms with van der Waals surface area (Å²) < 4.78 is 149. The Morgan fingerprint density at radius 2 is 1.19 bits per heavy atom. The molecule has 0 heterocycles. The molecule has 3 N–H and O–H groups in total. The number of hydrogen-bond acceptors (Lipinski definition) is 28. The fourth-order valence-electron chi connectivity index (χ4n) is 4.79. The molecule has 4 rings (SSSR count). The second kappa shape index (κ2) is 28.3. The molecule has 0 saturated heterocycles. The fraction of sp³-hybridized carbons (Fsp3) is 0.214. The Hall–Kier alpha value is -0.360. The van der Waals surface area contributed by atoms with Crippen molar-refractivity contribution in [2.45, 2.75) is 19.6 Å². The minimum atomic E-state index is -5.48. The maximum atomic E-state index is 12.9. The van der Waals surface area contributed by atoms with Crippen LogP contribution in [0.3, 0.4) is 0 Å². The molecule has 0 bridgehead atoms. The van der Waals surface area contributed by atoms with Crippen LogP contribution in [0, 0.1) is 0 Å². The molecule has 0 amide bonds. The van der Waals surface area contributed by atoms with E-state index in [-0.39, 0.29) is 170 Å². The number of hydrogen-bond donors (Lipinski definition) is 2. The van der Waals surface area contributed by atoms with Gasteiger partial charge in [-0.1, -0.05) is 0 Å². The number of phenols is 1. The van der Waals surface area contributed by atoms with E-state index in [0.29, 0.717) is 6.07 Å². The maximum absolute atomic E-state index is 12.9. The summed E-state index contributed by atoms with van der Waals surface area (Å²) in [4.78, 5) is -2.29. The summed E-state index contributed by atoms with van der Waals surface area (Å²) in [5.41, 5.74) is 3.91. The van der Waals surface area contributed by atoms with Gasteiger partial charge in [0.05, 0.1) is 81.6 Å². The Bertz CT molecular complexity index is 2760. The van der Waals surface area contributed by atoms with E-state index < -0.39 is 113 Å². The summed E-state index contributed by atoms with van der Waals surface area (Å²) >= 11 is 0.153. The molecule has 0 aliphatic carbocycles. The van der Waals surface area contributed by atoms with Crippen LogP contribution in [0.5, 0.6) is 17.2 Å².